The number of hydrogen-bond acceptors (Lipinski definition) is 2. The van der Waals surface area contributed by atoms with Crippen LogP contribution in [0.5, 0.6) is 0 Å². The number of nitrogens with one attached hydrogen (secondary N) is 1. The maximum absolute atomic E-state index is 3.54. The predicted molar refractivity (Wildman–Crippen MR) is 69.2 cm³/mol. The van der Waals surface area contributed by atoms with Crippen LogP contribution in [0.2, 0.25) is 0 Å². The molecule has 0 aliphatic carbocycles. The van der Waals surface area contributed by atoms with Gasteiger partial charge in [0.25, 0.3) is 0 Å². The summed E-state index contributed by atoms with van der Waals surface area (Å²) in [6.45, 7) is 2.17. The zero-order valence-electron chi connectivity index (χ0n) is 9.15. The maximum atomic E-state index is 3.54. The van der Waals surface area contributed by atoms with E-state index in [1.54, 1.807) is 4.88 Å². The molecular weight excluding hydrogens is 214 g/mol. The molecule has 0 saturated heterocycles. The Labute approximate surface area is 100 Å². The van der Waals surface area contributed by atoms with Gasteiger partial charge in [-0.2, -0.15) is 0 Å². The van der Waals surface area contributed by atoms with Crippen molar-refractivity contribution in [3.05, 3.63) is 57.8 Å². The van der Waals surface area contributed by atoms with E-state index in [9.17, 15) is 0 Å². The summed E-state index contributed by atoms with van der Waals surface area (Å²) in [5, 5.41) is 5.76. The summed E-state index contributed by atoms with van der Waals surface area (Å²) >= 11 is 1.90. The van der Waals surface area contributed by atoms with Gasteiger partial charge in [-0.05, 0) is 35.5 Å². The van der Waals surface area contributed by atoms with Crippen molar-refractivity contribution in [2.24, 2.45) is 0 Å². The second kappa shape index (κ2) is 4.40. The smallest absolute Gasteiger partial charge is 0.0311 e. The monoisotopic (exact) mass is 229 g/mol. The zero-order valence-corrected chi connectivity index (χ0v) is 9.96. The molecule has 1 nitrogen and oxygen atoms in total. The molecule has 2 heteroatoms. The van der Waals surface area contributed by atoms with Crippen LogP contribution in [0.15, 0.2) is 41.8 Å². The number of thiophene rings is 1. The Bertz CT molecular complexity index is 461. The van der Waals surface area contributed by atoms with E-state index in [1.807, 2.05) is 11.3 Å². The van der Waals surface area contributed by atoms with Crippen molar-refractivity contribution in [3.63, 3.8) is 0 Å². The van der Waals surface area contributed by atoms with E-state index in [1.165, 1.54) is 17.5 Å². The first-order chi connectivity index (χ1) is 7.95. The van der Waals surface area contributed by atoms with Crippen molar-refractivity contribution >= 4 is 11.3 Å². The lowest BCUT2D eigenvalue weighted by Gasteiger charge is -2.15. The Morgan fingerprint density at radius 3 is 2.88 bits per heavy atom. The Morgan fingerprint density at radius 1 is 1.12 bits per heavy atom. The number of fused-ring (bicyclic) bond motifs is 1. The van der Waals surface area contributed by atoms with Crippen LogP contribution in [0, 0.1) is 0 Å². The van der Waals surface area contributed by atoms with E-state index in [4.69, 9.17) is 0 Å². The van der Waals surface area contributed by atoms with Gasteiger partial charge < -0.3 is 5.32 Å². The molecule has 1 aliphatic rings. The van der Waals surface area contributed by atoms with E-state index in [-0.39, 0.29) is 0 Å². The van der Waals surface area contributed by atoms with Crippen LogP contribution in [0.4, 0.5) is 0 Å². The van der Waals surface area contributed by atoms with E-state index in [0.717, 1.165) is 13.1 Å². The first-order valence-corrected chi connectivity index (χ1v) is 6.65. The third-order valence-electron chi connectivity index (χ3n) is 3.22. The quantitative estimate of drug-likeness (QED) is 0.792. The number of hydrogen-bond donors (Lipinski definition) is 1. The van der Waals surface area contributed by atoms with Crippen LogP contribution in [0.1, 0.15) is 21.9 Å². The molecule has 0 spiro atoms. The highest BCUT2D eigenvalue weighted by atomic mass is 32.1. The number of benzene rings is 1. The molecule has 16 heavy (non-hydrogen) atoms. The van der Waals surface area contributed by atoms with Gasteiger partial charge in [-0.3, -0.25) is 0 Å². The highest BCUT2D eigenvalue weighted by Gasteiger charge is 2.20. The number of rotatable bonds is 1. The molecule has 2 aromatic rings. The van der Waals surface area contributed by atoms with Crippen molar-refractivity contribution in [3.8, 4) is 0 Å². The fourth-order valence-corrected chi connectivity index (χ4v) is 3.46. The molecule has 1 atom stereocenters. The Kier molecular flexibility index (Phi) is 2.77. The normalized spacial score (nSPS) is 20.1. The molecule has 1 aromatic carbocycles. The van der Waals surface area contributed by atoms with Crippen LogP contribution in [-0.2, 0) is 6.42 Å². The van der Waals surface area contributed by atoms with Crippen molar-refractivity contribution in [2.45, 2.75) is 12.3 Å². The summed E-state index contributed by atoms with van der Waals surface area (Å²) < 4.78 is 0. The van der Waals surface area contributed by atoms with Gasteiger partial charge in [0.2, 0.25) is 0 Å². The van der Waals surface area contributed by atoms with Gasteiger partial charge >= 0.3 is 0 Å². The largest absolute Gasteiger partial charge is 0.315 e. The summed E-state index contributed by atoms with van der Waals surface area (Å²) in [6, 6.07) is 13.1. The SMILES string of the molecule is c1ccc(C2CNCCc3ccsc32)cc1. The molecule has 1 aromatic heterocycles. The minimum absolute atomic E-state index is 0.540. The third kappa shape index (κ3) is 1.79. The van der Waals surface area contributed by atoms with Gasteiger partial charge in [0, 0.05) is 17.3 Å². The van der Waals surface area contributed by atoms with Gasteiger partial charge in [-0.1, -0.05) is 30.3 Å². The molecule has 0 radical (unpaired) electrons. The predicted octanol–water partition coefficient (Wildman–Crippen LogP) is 3.03. The van der Waals surface area contributed by atoms with Crippen molar-refractivity contribution in [2.75, 3.05) is 13.1 Å². The van der Waals surface area contributed by atoms with Crippen LogP contribution in [-0.4, -0.2) is 13.1 Å². The Hall–Kier alpha value is -1.12. The zero-order chi connectivity index (χ0) is 10.8. The van der Waals surface area contributed by atoms with Crippen molar-refractivity contribution < 1.29 is 0 Å². The van der Waals surface area contributed by atoms with Gasteiger partial charge in [-0.25, -0.2) is 0 Å². The van der Waals surface area contributed by atoms with Crippen molar-refractivity contribution in [1.82, 2.24) is 5.32 Å². The molecule has 2 heterocycles. The molecule has 1 N–H and O–H groups in total. The average molecular weight is 229 g/mol. The molecule has 3 rings (SSSR count). The van der Waals surface area contributed by atoms with Gasteiger partial charge in [-0.15, -0.1) is 11.3 Å². The lowest BCUT2D eigenvalue weighted by atomic mass is 9.95. The molecule has 1 aliphatic heterocycles. The van der Waals surface area contributed by atoms with E-state index < -0.39 is 0 Å². The van der Waals surface area contributed by atoms with Gasteiger partial charge in [0.05, 0.1) is 0 Å². The highest BCUT2D eigenvalue weighted by Crippen LogP contribution is 2.32. The standard InChI is InChI=1S/C14H15NS/c1-2-4-11(5-3-1)13-10-15-8-6-12-7-9-16-14(12)13/h1-5,7,9,13,15H,6,8,10H2. The molecule has 0 amide bonds. The Morgan fingerprint density at radius 2 is 2.00 bits per heavy atom. The second-order valence-electron chi connectivity index (χ2n) is 4.23. The molecule has 82 valence electrons. The topological polar surface area (TPSA) is 12.0 Å². The maximum Gasteiger partial charge on any atom is 0.0311 e. The molecule has 0 saturated carbocycles. The van der Waals surface area contributed by atoms with Crippen molar-refractivity contribution in [1.29, 1.82) is 0 Å². The van der Waals surface area contributed by atoms with Crippen LogP contribution < -0.4 is 5.32 Å². The Balaban J connectivity index is 2.03. The first-order valence-electron chi connectivity index (χ1n) is 5.77. The van der Waals surface area contributed by atoms with Crippen LogP contribution >= 0.6 is 11.3 Å². The fourth-order valence-electron chi connectivity index (χ4n) is 2.38. The first kappa shape index (κ1) is 10.1. The third-order valence-corrected chi connectivity index (χ3v) is 4.29. The molecular formula is C14H15NS. The second-order valence-corrected chi connectivity index (χ2v) is 5.18. The van der Waals surface area contributed by atoms with Gasteiger partial charge in [0.15, 0.2) is 0 Å². The van der Waals surface area contributed by atoms with Crippen LogP contribution in [0.25, 0.3) is 0 Å². The summed E-state index contributed by atoms with van der Waals surface area (Å²) in [5.74, 6) is 0.540. The molecule has 0 bridgehead atoms. The summed E-state index contributed by atoms with van der Waals surface area (Å²) in [7, 11) is 0. The van der Waals surface area contributed by atoms with E-state index >= 15 is 0 Å². The minimum atomic E-state index is 0.540. The summed E-state index contributed by atoms with van der Waals surface area (Å²) in [5.41, 5.74) is 2.96. The van der Waals surface area contributed by atoms with E-state index in [0.29, 0.717) is 5.92 Å². The van der Waals surface area contributed by atoms with E-state index in [2.05, 4.69) is 47.1 Å². The van der Waals surface area contributed by atoms with Gasteiger partial charge in [0.1, 0.15) is 0 Å². The fraction of sp³-hybridized carbons (Fsp3) is 0.286. The lowest BCUT2D eigenvalue weighted by Crippen LogP contribution is -2.20. The molecule has 1 unspecified atom stereocenters. The minimum Gasteiger partial charge on any atom is -0.315 e. The average Bonchev–Trinajstić information content (AvgIpc) is 2.70. The van der Waals surface area contributed by atoms with Crippen LogP contribution in [0.3, 0.4) is 0 Å². The highest BCUT2D eigenvalue weighted by molar-refractivity contribution is 7.10. The lowest BCUT2D eigenvalue weighted by molar-refractivity contribution is 0.668. The summed E-state index contributed by atoms with van der Waals surface area (Å²) in [4.78, 5) is 1.55. The molecule has 0 fully saturated rings. The summed E-state index contributed by atoms with van der Waals surface area (Å²) in [6.07, 6.45) is 1.17.